The molecule has 1 aliphatic rings. The number of nitrogens with zero attached hydrogens (tertiary/aromatic N) is 5. The van der Waals surface area contributed by atoms with Gasteiger partial charge >= 0.3 is 29.2 Å². The average Bonchev–Trinajstić information content (AvgIpc) is 3.31. The summed E-state index contributed by atoms with van der Waals surface area (Å²) >= 11 is 0. The van der Waals surface area contributed by atoms with Gasteiger partial charge in [-0.25, -0.2) is 23.2 Å². The third kappa shape index (κ3) is 7.81. The molecular formula is C14H23N6O14P3. The zero-order valence-corrected chi connectivity index (χ0v) is 21.4. The Morgan fingerprint density at radius 1 is 1.08 bits per heavy atom. The summed E-state index contributed by atoms with van der Waals surface area (Å²) in [7, 11) is -16.9. The quantitative estimate of drug-likeness (QED) is 0.139. The number of rotatable bonds is 11. The number of hydrogen-bond acceptors (Lipinski definition) is 14. The highest BCUT2D eigenvalue weighted by atomic mass is 31.3. The molecule has 208 valence electrons. The summed E-state index contributed by atoms with van der Waals surface area (Å²) < 4.78 is 53.2. The summed E-state index contributed by atoms with van der Waals surface area (Å²) in [5.74, 6) is -0.146. The lowest BCUT2D eigenvalue weighted by Gasteiger charge is -2.19. The molecule has 23 heteroatoms. The number of aliphatic hydroxyl groups excluding tert-OH is 2. The molecule has 0 radical (unpaired) electrons. The Balaban J connectivity index is 1.73. The summed E-state index contributed by atoms with van der Waals surface area (Å²) in [6, 6.07) is 0. The van der Waals surface area contributed by atoms with Crippen LogP contribution in [-0.2, 0) is 44.5 Å². The first kappa shape index (κ1) is 29.7. The molecule has 0 bridgehead atoms. The maximum Gasteiger partial charge on any atom is 0.490 e. The third-order valence-corrected chi connectivity index (χ3v) is 8.57. The Bertz CT molecular complexity index is 1330. The molecule has 6 atom stereocenters. The normalized spacial score (nSPS) is 25.6. The van der Waals surface area contributed by atoms with Crippen LogP contribution in [0.1, 0.15) is 24.4 Å². The first-order chi connectivity index (χ1) is 17.0. The van der Waals surface area contributed by atoms with E-state index in [1.165, 1.54) is 10.9 Å². The number of nitrogen functional groups attached to an aromatic ring is 1. The fourth-order valence-corrected chi connectivity index (χ4v) is 6.18. The van der Waals surface area contributed by atoms with Gasteiger partial charge in [-0.1, -0.05) is 12.1 Å². The van der Waals surface area contributed by atoms with Gasteiger partial charge in [-0.15, -0.1) is 5.10 Å². The minimum atomic E-state index is -5.76. The van der Waals surface area contributed by atoms with Gasteiger partial charge in [0.1, 0.15) is 24.1 Å². The number of hydrogen-bond donors (Lipinski definition) is 7. The number of ether oxygens (including phenoxy) is 1. The molecule has 3 rings (SSSR count). The van der Waals surface area contributed by atoms with E-state index in [9.17, 15) is 38.5 Å². The van der Waals surface area contributed by atoms with Gasteiger partial charge in [0.05, 0.1) is 18.8 Å². The smallest absolute Gasteiger partial charge is 0.387 e. The molecule has 20 nitrogen and oxygen atoms in total. The van der Waals surface area contributed by atoms with Crippen LogP contribution in [0.3, 0.4) is 0 Å². The molecule has 1 aliphatic heterocycles. The Morgan fingerprint density at radius 3 is 2.35 bits per heavy atom. The van der Waals surface area contributed by atoms with E-state index in [0.717, 1.165) is 4.57 Å². The van der Waals surface area contributed by atoms with Crippen LogP contribution in [0.4, 0.5) is 5.82 Å². The molecular weight excluding hydrogens is 569 g/mol. The zero-order chi connectivity index (χ0) is 27.8. The monoisotopic (exact) mass is 592 g/mol. The number of aliphatic hydroxyl groups is 2. The molecule has 8 N–H and O–H groups in total. The Labute approximate surface area is 206 Å². The lowest BCUT2D eigenvalue weighted by atomic mass is 10.1. The van der Waals surface area contributed by atoms with Gasteiger partial charge in [-0.2, -0.15) is 13.6 Å². The van der Waals surface area contributed by atoms with E-state index in [-0.39, 0.29) is 17.9 Å². The van der Waals surface area contributed by atoms with E-state index in [4.69, 9.17) is 20.3 Å². The lowest BCUT2D eigenvalue weighted by Crippen LogP contribution is -2.36. The number of nitrogens with two attached hydrogens (primary N) is 1. The second-order valence-electron chi connectivity index (χ2n) is 7.54. The molecule has 0 saturated carbocycles. The highest BCUT2D eigenvalue weighted by Crippen LogP contribution is 2.66. The van der Waals surface area contributed by atoms with Crippen molar-refractivity contribution in [3.05, 3.63) is 34.1 Å². The number of aryl methyl sites for hydroxylation is 1. The molecule has 0 aromatic carbocycles. The van der Waals surface area contributed by atoms with Crippen molar-refractivity contribution in [2.45, 2.75) is 44.4 Å². The number of anilines is 1. The van der Waals surface area contributed by atoms with Crippen molar-refractivity contribution >= 4 is 29.3 Å². The van der Waals surface area contributed by atoms with Gasteiger partial charge in [-0.3, -0.25) is 9.09 Å². The first-order valence-electron chi connectivity index (χ1n) is 10.1. The second-order valence-corrected chi connectivity index (χ2v) is 12.0. The summed E-state index contributed by atoms with van der Waals surface area (Å²) in [5, 5.41) is 28.5. The largest absolute Gasteiger partial charge is 0.490 e. The average molecular weight is 592 g/mol. The van der Waals surface area contributed by atoms with Crippen molar-refractivity contribution in [1.29, 1.82) is 0 Å². The Morgan fingerprint density at radius 2 is 1.76 bits per heavy atom. The van der Waals surface area contributed by atoms with Gasteiger partial charge in [0, 0.05) is 18.0 Å². The van der Waals surface area contributed by atoms with Crippen molar-refractivity contribution < 1.29 is 61.4 Å². The minimum absolute atomic E-state index is 0.0347. The summed E-state index contributed by atoms with van der Waals surface area (Å²) in [6.07, 6.45) is -3.32. The van der Waals surface area contributed by atoms with E-state index in [2.05, 4.69) is 28.4 Å². The fraction of sp³-hybridized carbons (Fsp3) is 0.571. The molecule has 1 saturated heterocycles. The van der Waals surface area contributed by atoms with Crippen LogP contribution >= 0.6 is 23.5 Å². The van der Waals surface area contributed by atoms with Crippen LogP contribution in [0, 0.1) is 0 Å². The van der Waals surface area contributed by atoms with Crippen LogP contribution in [0.15, 0.2) is 17.2 Å². The van der Waals surface area contributed by atoms with Crippen LogP contribution in [-0.4, -0.2) is 79.3 Å². The molecule has 2 aromatic heterocycles. The lowest BCUT2D eigenvalue weighted by molar-refractivity contribution is -0.0542. The molecule has 1 fully saturated rings. The predicted molar refractivity (Wildman–Crippen MR) is 117 cm³/mol. The highest BCUT2D eigenvalue weighted by molar-refractivity contribution is 7.66. The fourth-order valence-electron chi connectivity index (χ4n) is 3.15. The van der Waals surface area contributed by atoms with Crippen LogP contribution in [0.5, 0.6) is 0 Å². The summed E-state index contributed by atoms with van der Waals surface area (Å²) in [6.45, 7) is 0.850. The molecule has 3 heterocycles. The van der Waals surface area contributed by atoms with Crippen molar-refractivity contribution in [2.24, 2.45) is 0 Å². The summed E-state index contributed by atoms with van der Waals surface area (Å²) in [5.41, 5.74) is 5.81. The molecule has 37 heavy (non-hydrogen) atoms. The topological polar surface area (TPSA) is 301 Å². The van der Waals surface area contributed by atoms with E-state index in [0.29, 0.717) is 12.1 Å². The zero-order valence-electron chi connectivity index (χ0n) is 18.7. The first-order valence-corrected chi connectivity index (χ1v) is 14.6. The van der Waals surface area contributed by atoms with Crippen molar-refractivity contribution in [2.75, 3.05) is 12.3 Å². The minimum Gasteiger partial charge on any atom is -0.387 e. The molecule has 3 unspecified atom stereocenters. The van der Waals surface area contributed by atoms with E-state index >= 15 is 0 Å². The SMILES string of the molecule is CCc1cn(Cc2cn([C@@H]3O[C@H](COP(=O)(O)OP(=O)(O)OP(=O)(O)O)C(O)[C@@H]3O)c(=O)nc2N)nn1. The van der Waals surface area contributed by atoms with E-state index in [1.807, 2.05) is 6.92 Å². The molecule has 0 aliphatic carbocycles. The standard InChI is InChI=1S/C14H23N6O14P3/c1-2-8-5-19(18-17-8)3-7-4-20(14(23)16-12(7)15)13-11(22)10(21)9(32-13)6-31-36(27,28)34-37(29,30)33-35(24,25)26/h4-5,9-11,13,21-22H,2-3,6H2,1H3,(H,27,28)(H,29,30)(H2,15,16,23)(H2,24,25,26)/t9-,10?,11+,13-/m1/s1. The van der Waals surface area contributed by atoms with Gasteiger partial charge in [0.15, 0.2) is 6.23 Å². The number of aromatic nitrogens is 5. The van der Waals surface area contributed by atoms with Crippen molar-refractivity contribution in [3.63, 3.8) is 0 Å². The second kappa shape index (κ2) is 11.1. The van der Waals surface area contributed by atoms with Crippen LogP contribution in [0.2, 0.25) is 0 Å². The van der Waals surface area contributed by atoms with Crippen LogP contribution in [0.25, 0.3) is 0 Å². The Kier molecular flexibility index (Phi) is 8.88. The summed E-state index contributed by atoms with van der Waals surface area (Å²) in [4.78, 5) is 51.9. The van der Waals surface area contributed by atoms with Gasteiger partial charge < -0.3 is 40.3 Å². The Hall–Kier alpha value is -1.89. The van der Waals surface area contributed by atoms with Crippen LogP contribution < -0.4 is 11.4 Å². The predicted octanol–water partition coefficient (Wildman–Crippen LogP) is -2.01. The van der Waals surface area contributed by atoms with Gasteiger partial charge in [0.25, 0.3) is 0 Å². The van der Waals surface area contributed by atoms with E-state index in [1.54, 1.807) is 6.20 Å². The van der Waals surface area contributed by atoms with Crippen molar-refractivity contribution in [3.8, 4) is 0 Å². The number of phosphoric acid groups is 3. The molecule has 0 amide bonds. The maximum absolute atomic E-state index is 12.4. The van der Waals surface area contributed by atoms with E-state index < -0.39 is 60.3 Å². The highest BCUT2D eigenvalue weighted by Gasteiger charge is 2.47. The van der Waals surface area contributed by atoms with Gasteiger partial charge in [-0.05, 0) is 6.42 Å². The van der Waals surface area contributed by atoms with Gasteiger partial charge in [0.2, 0.25) is 0 Å². The molecule has 2 aromatic rings. The maximum atomic E-state index is 12.4. The number of phosphoric ester groups is 1. The third-order valence-electron chi connectivity index (χ3n) is 4.77. The molecule has 0 spiro atoms. The van der Waals surface area contributed by atoms with Crippen molar-refractivity contribution in [1.82, 2.24) is 24.5 Å².